The summed E-state index contributed by atoms with van der Waals surface area (Å²) in [6, 6.07) is 13.0. The van der Waals surface area contributed by atoms with Gasteiger partial charge in [-0.1, -0.05) is 35.3 Å². The molecule has 0 saturated heterocycles. The van der Waals surface area contributed by atoms with E-state index in [2.05, 4.69) is 17.8 Å². The zero-order valence-corrected chi connectivity index (χ0v) is 13.4. The number of hydrogen-bond acceptors (Lipinski definition) is 3. The molecular formula is C17H14Cl2N2O. The van der Waals surface area contributed by atoms with E-state index in [0.717, 1.165) is 16.9 Å². The topological polar surface area (TPSA) is 45.4 Å². The Labute approximate surface area is 139 Å². The normalized spacial score (nSPS) is 10.0. The Hall–Kier alpha value is -2.02. The van der Waals surface area contributed by atoms with Crippen molar-refractivity contribution in [2.24, 2.45) is 4.99 Å². The Morgan fingerprint density at radius 3 is 2.32 bits per heavy atom. The Morgan fingerprint density at radius 1 is 1.14 bits per heavy atom. The van der Waals surface area contributed by atoms with E-state index in [1.165, 1.54) is 0 Å². The second-order valence-corrected chi connectivity index (χ2v) is 5.39. The van der Waals surface area contributed by atoms with E-state index < -0.39 is 0 Å². The van der Waals surface area contributed by atoms with Crippen molar-refractivity contribution >= 4 is 35.6 Å². The van der Waals surface area contributed by atoms with Crippen LogP contribution >= 0.6 is 23.2 Å². The van der Waals surface area contributed by atoms with Crippen molar-refractivity contribution in [3.8, 4) is 22.9 Å². The summed E-state index contributed by atoms with van der Waals surface area (Å²) in [5.74, 6) is 0.748. The maximum atomic E-state index is 8.47. The number of ether oxygens (including phenoxy) is 1. The fourth-order valence-corrected chi connectivity index (χ4v) is 2.68. The molecule has 0 fully saturated rings. The molecule has 0 aromatic heterocycles. The fraction of sp³-hybridized carbons (Fsp3) is 0.176. The van der Waals surface area contributed by atoms with Crippen LogP contribution in [-0.4, -0.2) is 13.3 Å². The van der Waals surface area contributed by atoms with Gasteiger partial charge in [-0.05, 0) is 43.0 Å². The molecule has 0 aliphatic rings. The van der Waals surface area contributed by atoms with Crippen molar-refractivity contribution in [1.29, 1.82) is 5.26 Å². The maximum Gasteiger partial charge on any atom is 0.119 e. The average molecular weight is 333 g/mol. The molecule has 2 aromatic carbocycles. The number of halogens is 2. The van der Waals surface area contributed by atoms with Gasteiger partial charge in [0.05, 0.1) is 28.4 Å². The van der Waals surface area contributed by atoms with Crippen LogP contribution in [0.15, 0.2) is 41.4 Å². The van der Waals surface area contributed by atoms with Gasteiger partial charge in [0, 0.05) is 12.0 Å². The highest BCUT2D eigenvalue weighted by molar-refractivity contribution is 6.39. The highest BCUT2D eigenvalue weighted by Gasteiger charge is 2.10. The summed E-state index contributed by atoms with van der Waals surface area (Å²) in [6.07, 6.45) is 1.21. The van der Waals surface area contributed by atoms with Crippen molar-refractivity contribution in [3.63, 3.8) is 0 Å². The Bertz CT molecular complexity index is 683. The predicted molar refractivity (Wildman–Crippen MR) is 91.4 cm³/mol. The molecule has 0 amide bonds. The maximum absolute atomic E-state index is 8.47. The lowest BCUT2D eigenvalue weighted by Crippen LogP contribution is -1.96. The third-order valence-corrected chi connectivity index (χ3v) is 3.65. The van der Waals surface area contributed by atoms with E-state index in [0.29, 0.717) is 35.2 Å². The second-order valence-electron chi connectivity index (χ2n) is 4.58. The molecule has 0 aliphatic heterocycles. The minimum atomic E-state index is 0.493. The smallest absolute Gasteiger partial charge is 0.119 e. The molecule has 0 spiro atoms. The van der Waals surface area contributed by atoms with Gasteiger partial charge in [0.2, 0.25) is 0 Å². The fourth-order valence-electron chi connectivity index (χ4n) is 1.99. The molecule has 0 radical (unpaired) electrons. The van der Waals surface area contributed by atoms with Gasteiger partial charge in [-0.15, -0.1) is 0 Å². The van der Waals surface area contributed by atoms with Crippen molar-refractivity contribution in [3.05, 3.63) is 46.4 Å². The zero-order valence-electron chi connectivity index (χ0n) is 11.9. The Kier molecular flexibility index (Phi) is 5.83. The number of benzene rings is 2. The first-order valence-corrected chi connectivity index (χ1v) is 7.47. The third kappa shape index (κ3) is 4.00. The number of hydrogen-bond donors (Lipinski definition) is 0. The standard InChI is InChI=1S/C17H14Cl2N2O/c1-21-13-10-15(18)17(16(19)11-13)12-4-6-14(7-5-12)22-9-3-2-8-20/h4-7,10-11H,1-3,9H2. The molecule has 5 heteroatoms. The molecule has 0 heterocycles. The number of rotatable bonds is 6. The molecule has 0 atom stereocenters. The molecular weight excluding hydrogens is 319 g/mol. The number of unbranched alkanes of at least 4 members (excludes halogenated alkanes) is 1. The minimum Gasteiger partial charge on any atom is -0.494 e. The average Bonchev–Trinajstić information content (AvgIpc) is 2.52. The molecule has 0 N–H and O–H groups in total. The van der Waals surface area contributed by atoms with Crippen LogP contribution in [0.2, 0.25) is 10.0 Å². The van der Waals surface area contributed by atoms with Gasteiger partial charge in [0.25, 0.3) is 0 Å². The first-order valence-electron chi connectivity index (χ1n) is 6.71. The van der Waals surface area contributed by atoms with Gasteiger partial charge in [0.15, 0.2) is 0 Å². The lowest BCUT2D eigenvalue weighted by atomic mass is 10.0. The summed E-state index contributed by atoms with van der Waals surface area (Å²) in [5.41, 5.74) is 2.29. The van der Waals surface area contributed by atoms with E-state index in [4.69, 9.17) is 33.2 Å². The van der Waals surface area contributed by atoms with Crippen molar-refractivity contribution in [1.82, 2.24) is 0 Å². The summed E-state index contributed by atoms with van der Waals surface area (Å²) in [6.45, 7) is 3.99. The van der Waals surface area contributed by atoms with Crippen LogP contribution in [0, 0.1) is 11.3 Å². The van der Waals surface area contributed by atoms with Crippen molar-refractivity contribution in [2.75, 3.05) is 6.61 Å². The highest BCUT2D eigenvalue weighted by atomic mass is 35.5. The molecule has 0 aliphatic carbocycles. The largest absolute Gasteiger partial charge is 0.494 e. The van der Waals surface area contributed by atoms with Gasteiger partial charge in [-0.3, -0.25) is 4.99 Å². The summed E-state index contributed by atoms with van der Waals surface area (Å²) >= 11 is 12.5. The monoisotopic (exact) mass is 332 g/mol. The Balaban J connectivity index is 2.17. The summed E-state index contributed by atoms with van der Waals surface area (Å²) in [4.78, 5) is 3.83. The van der Waals surface area contributed by atoms with Gasteiger partial charge in [-0.25, -0.2) is 0 Å². The van der Waals surface area contributed by atoms with Crippen LogP contribution in [0.4, 0.5) is 5.69 Å². The molecule has 112 valence electrons. The second kappa shape index (κ2) is 7.84. The molecule has 0 bridgehead atoms. The quantitative estimate of drug-likeness (QED) is 0.505. The number of nitriles is 1. The van der Waals surface area contributed by atoms with Crippen molar-refractivity contribution in [2.45, 2.75) is 12.8 Å². The molecule has 0 unspecified atom stereocenters. The predicted octanol–water partition coefficient (Wildman–Crippen LogP) is 5.68. The van der Waals surface area contributed by atoms with Crippen LogP contribution < -0.4 is 4.74 Å². The molecule has 2 rings (SSSR count). The van der Waals surface area contributed by atoms with Crippen molar-refractivity contribution < 1.29 is 4.74 Å². The minimum absolute atomic E-state index is 0.493. The summed E-state index contributed by atoms with van der Waals surface area (Å²) < 4.78 is 5.56. The zero-order chi connectivity index (χ0) is 15.9. The van der Waals surface area contributed by atoms with Gasteiger partial charge < -0.3 is 4.74 Å². The summed E-state index contributed by atoms with van der Waals surface area (Å²) in [5, 5.41) is 9.53. The lowest BCUT2D eigenvalue weighted by molar-refractivity contribution is 0.313. The Morgan fingerprint density at radius 2 is 1.77 bits per heavy atom. The van der Waals surface area contributed by atoms with E-state index >= 15 is 0 Å². The molecule has 2 aromatic rings. The first kappa shape index (κ1) is 16.4. The van der Waals surface area contributed by atoms with Crippen LogP contribution in [-0.2, 0) is 0 Å². The number of aliphatic imine (C=N–C) groups is 1. The van der Waals surface area contributed by atoms with Crippen LogP contribution in [0.1, 0.15) is 12.8 Å². The highest BCUT2D eigenvalue weighted by Crippen LogP contribution is 2.38. The van der Waals surface area contributed by atoms with E-state index in [1.54, 1.807) is 12.1 Å². The van der Waals surface area contributed by atoms with Crippen LogP contribution in [0.5, 0.6) is 5.75 Å². The number of nitrogens with zero attached hydrogens (tertiary/aromatic N) is 2. The van der Waals surface area contributed by atoms with Crippen LogP contribution in [0.25, 0.3) is 11.1 Å². The molecule has 3 nitrogen and oxygen atoms in total. The van der Waals surface area contributed by atoms with E-state index in [9.17, 15) is 0 Å². The first-order chi connectivity index (χ1) is 10.7. The van der Waals surface area contributed by atoms with Crippen LogP contribution in [0.3, 0.4) is 0 Å². The van der Waals surface area contributed by atoms with Gasteiger partial charge in [0.1, 0.15) is 5.75 Å². The van der Waals surface area contributed by atoms with E-state index in [-0.39, 0.29) is 0 Å². The van der Waals surface area contributed by atoms with Gasteiger partial charge in [-0.2, -0.15) is 5.26 Å². The SMILES string of the molecule is C=Nc1cc(Cl)c(-c2ccc(OCCCC#N)cc2)c(Cl)c1. The van der Waals surface area contributed by atoms with Gasteiger partial charge >= 0.3 is 0 Å². The third-order valence-electron chi connectivity index (χ3n) is 3.05. The van der Waals surface area contributed by atoms with E-state index in [1.807, 2.05) is 24.3 Å². The summed E-state index contributed by atoms with van der Waals surface area (Å²) in [7, 11) is 0. The molecule has 0 saturated carbocycles. The lowest BCUT2D eigenvalue weighted by Gasteiger charge is -2.10. The molecule has 22 heavy (non-hydrogen) atoms.